The smallest absolute Gasteiger partial charge is 0.270 e. The van der Waals surface area contributed by atoms with Crippen LogP contribution in [0.2, 0.25) is 0 Å². The Morgan fingerprint density at radius 1 is 1.57 bits per heavy atom. The van der Waals surface area contributed by atoms with Gasteiger partial charge in [-0.25, -0.2) is 0 Å². The standard InChI is InChI=1S/C15H19N3O2S/c16-7-11-6-14(17-8-11)15(19)18(12-3-5-21-10-12)9-13-2-1-4-20-13/h6,8,12-13,17H,1-5,9-10H2. The highest BCUT2D eigenvalue weighted by atomic mass is 32.2. The summed E-state index contributed by atoms with van der Waals surface area (Å²) in [7, 11) is 0. The summed E-state index contributed by atoms with van der Waals surface area (Å²) in [5.74, 6) is 2.08. The topological polar surface area (TPSA) is 69.1 Å². The molecular weight excluding hydrogens is 286 g/mol. The molecule has 2 atom stereocenters. The Kier molecular flexibility index (Phi) is 4.51. The van der Waals surface area contributed by atoms with Crippen LogP contribution in [-0.2, 0) is 4.74 Å². The fourth-order valence-corrected chi connectivity index (χ4v) is 4.13. The monoisotopic (exact) mass is 305 g/mol. The number of hydrogen-bond acceptors (Lipinski definition) is 4. The summed E-state index contributed by atoms with van der Waals surface area (Å²) in [5.41, 5.74) is 0.998. The summed E-state index contributed by atoms with van der Waals surface area (Å²) in [6.07, 6.45) is 4.88. The third kappa shape index (κ3) is 3.25. The van der Waals surface area contributed by atoms with Gasteiger partial charge in [0.05, 0.1) is 11.7 Å². The van der Waals surface area contributed by atoms with Crippen LogP contribution in [0.3, 0.4) is 0 Å². The van der Waals surface area contributed by atoms with Gasteiger partial charge in [0.1, 0.15) is 11.8 Å². The summed E-state index contributed by atoms with van der Waals surface area (Å²) in [6.45, 7) is 1.46. The molecule has 2 aliphatic heterocycles. The number of aromatic amines is 1. The molecule has 2 unspecified atom stereocenters. The van der Waals surface area contributed by atoms with Gasteiger partial charge in [-0.3, -0.25) is 4.79 Å². The van der Waals surface area contributed by atoms with Crippen molar-refractivity contribution >= 4 is 17.7 Å². The van der Waals surface area contributed by atoms with Gasteiger partial charge < -0.3 is 14.6 Å². The minimum Gasteiger partial charge on any atom is -0.376 e. The van der Waals surface area contributed by atoms with Crippen molar-refractivity contribution in [3.8, 4) is 6.07 Å². The van der Waals surface area contributed by atoms with Gasteiger partial charge in [-0.1, -0.05) is 0 Å². The van der Waals surface area contributed by atoms with E-state index >= 15 is 0 Å². The third-order valence-corrected chi connectivity index (χ3v) is 5.22. The predicted molar refractivity (Wildman–Crippen MR) is 81.2 cm³/mol. The molecule has 3 heterocycles. The lowest BCUT2D eigenvalue weighted by molar-refractivity contribution is 0.0438. The van der Waals surface area contributed by atoms with Gasteiger partial charge in [0.25, 0.3) is 5.91 Å². The third-order valence-electron chi connectivity index (χ3n) is 4.07. The molecule has 0 aromatic carbocycles. The molecule has 0 radical (unpaired) electrons. The normalized spacial score (nSPS) is 24.9. The number of nitrogens with zero attached hydrogens (tertiary/aromatic N) is 2. The van der Waals surface area contributed by atoms with Crippen LogP contribution in [0.4, 0.5) is 0 Å². The van der Waals surface area contributed by atoms with Crippen LogP contribution in [-0.4, -0.2) is 52.6 Å². The second kappa shape index (κ2) is 6.54. The Hall–Kier alpha value is -1.45. The van der Waals surface area contributed by atoms with Crippen LogP contribution in [0.15, 0.2) is 12.3 Å². The van der Waals surface area contributed by atoms with E-state index in [2.05, 4.69) is 11.1 Å². The highest BCUT2D eigenvalue weighted by molar-refractivity contribution is 7.99. The first kappa shape index (κ1) is 14.5. The molecular formula is C15H19N3O2S. The molecule has 1 aromatic heterocycles. The molecule has 1 aromatic rings. The average Bonchev–Trinajstić information content (AvgIpc) is 3.25. The number of nitriles is 1. The molecule has 3 rings (SSSR count). The highest BCUT2D eigenvalue weighted by Gasteiger charge is 2.31. The molecule has 2 aliphatic rings. The Morgan fingerprint density at radius 2 is 2.48 bits per heavy atom. The van der Waals surface area contributed by atoms with Crippen LogP contribution in [0, 0.1) is 11.3 Å². The Morgan fingerprint density at radius 3 is 3.10 bits per heavy atom. The zero-order valence-electron chi connectivity index (χ0n) is 11.9. The van der Waals surface area contributed by atoms with Crippen molar-refractivity contribution in [1.82, 2.24) is 9.88 Å². The summed E-state index contributed by atoms with van der Waals surface area (Å²) in [5, 5.41) is 8.89. The van der Waals surface area contributed by atoms with Crippen molar-refractivity contribution in [1.29, 1.82) is 5.26 Å². The highest BCUT2D eigenvalue weighted by Crippen LogP contribution is 2.25. The number of H-pyrrole nitrogens is 1. The SMILES string of the molecule is N#Cc1c[nH]c(C(=O)N(CC2CCCO2)C2CCSC2)c1. The minimum atomic E-state index is -0.0144. The second-order valence-corrected chi connectivity index (χ2v) is 6.67. The zero-order chi connectivity index (χ0) is 14.7. The molecule has 2 saturated heterocycles. The zero-order valence-corrected chi connectivity index (χ0v) is 12.7. The molecule has 6 heteroatoms. The Bertz CT molecular complexity index is 539. The number of amides is 1. The summed E-state index contributed by atoms with van der Waals surface area (Å²) in [6, 6.07) is 3.96. The quantitative estimate of drug-likeness (QED) is 0.924. The lowest BCUT2D eigenvalue weighted by Crippen LogP contribution is -2.44. The van der Waals surface area contributed by atoms with E-state index in [4.69, 9.17) is 10.00 Å². The molecule has 112 valence electrons. The molecule has 1 amide bonds. The van der Waals surface area contributed by atoms with Gasteiger partial charge in [0.2, 0.25) is 0 Å². The second-order valence-electron chi connectivity index (χ2n) is 5.52. The largest absolute Gasteiger partial charge is 0.376 e. The molecule has 2 fully saturated rings. The van der Waals surface area contributed by atoms with E-state index in [1.54, 1.807) is 12.3 Å². The first-order valence-electron chi connectivity index (χ1n) is 7.37. The van der Waals surface area contributed by atoms with Crippen LogP contribution in [0.25, 0.3) is 0 Å². The van der Waals surface area contributed by atoms with Crippen molar-refractivity contribution in [3.63, 3.8) is 0 Å². The van der Waals surface area contributed by atoms with E-state index in [0.29, 0.717) is 17.8 Å². The summed E-state index contributed by atoms with van der Waals surface area (Å²) >= 11 is 1.89. The summed E-state index contributed by atoms with van der Waals surface area (Å²) < 4.78 is 5.69. The number of ether oxygens (including phenoxy) is 1. The fourth-order valence-electron chi connectivity index (χ4n) is 2.91. The number of hydrogen-bond donors (Lipinski definition) is 1. The summed E-state index contributed by atoms with van der Waals surface area (Å²) in [4.78, 5) is 17.6. The van der Waals surface area contributed by atoms with E-state index < -0.39 is 0 Å². The lowest BCUT2D eigenvalue weighted by atomic mass is 10.1. The van der Waals surface area contributed by atoms with Crippen LogP contribution >= 0.6 is 11.8 Å². The van der Waals surface area contributed by atoms with E-state index in [-0.39, 0.29) is 18.1 Å². The van der Waals surface area contributed by atoms with Gasteiger partial charge in [0.15, 0.2) is 0 Å². The van der Waals surface area contributed by atoms with Gasteiger partial charge in [0, 0.05) is 31.1 Å². The number of carbonyl (C=O) groups is 1. The van der Waals surface area contributed by atoms with E-state index in [1.165, 1.54) is 0 Å². The van der Waals surface area contributed by atoms with Crippen molar-refractivity contribution in [2.75, 3.05) is 24.7 Å². The number of thioether (sulfide) groups is 1. The predicted octanol–water partition coefficient (Wildman–Crippen LogP) is 2.01. The van der Waals surface area contributed by atoms with Crippen molar-refractivity contribution in [3.05, 3.63) is 23.5 Å². The van der Waals surface area contributed by atoms with Crippen LogP contribution in [0.1, 0.15) is 35.3 Å². The lowest BCUT2D eigenvalue weighted by Gasteiger charge is -2.30. The number of nitrogens with one attached hydrogen (secondary N) is 1. The van der Waals surface area contributed by atoms with Crippen molar-refractivity contribution < 1.29 is 9.53 Å². The molecule has 0 saturated carbocycles. The first-order chi connectivity index (χ1) is 10.3. The molecule has 0 spiro atoms. The van der Waals surface area contributed by atoms with Gasteiger partial charge in [-0.05, 0) is 31.1 Å². The number of aromatic nitrogens is 1. The van der Waals surface area contributed by atoms with Gasteiger partial charge >= 0.3 is 0 Å². The first-order valence-corrected chi connectivity index (χ1v) is 8.52. The van der Waals surface area contributed by atoms with Crippen molar-refractivity contribution in [2.45, 2.75) is 31.4 Å². The maximum absolute atomic E-state index is 12.8. The Labute approximate surface area is 128 Å². The van der Waals surface area contributed by atoms with Crippen molar-refractivity contribution in [2.24, 2.45) is 0 Å². The van der Waals surface area contributed by atoms with E-state index in [9.17, 15) is 4.79 Å². The average molecular weight is 305 g/mol. The number of rotatable bonds is 4. The maximum Gasteiger partial charge on any atom is 0.270 e. The molecule has 0 aliphatic carbocycles. The maximum atomic E-state index is 12.8. The molecule has 21 heavy (non-hydrogen) atoms. The van der Waals surface area contributed by atoms with E-state index in [1.807, 2.05) is 16.7 Å². The van der Waals surface area contributed by atoms with Crippen LogP contribution < -0.4 is 0 Å². The minimum absolute atomic E-state index is 0.0144. The molecule has 5 nitrogen and oxygen atoms in total. The van der Waals surface area contributed by atoms with E-state index in [0.717, 1.165) is 37.4 Å². The fraction of sp³-hybridized carbons (Fsp3) is 0.600. The van der Waals surface area contributed by atoms with Gasteiger partial charge in [-0.2, -0.15) is 17.0 Å². The molecule has 0 bridgehead atoms. The Balaban J connectivity index is 1.76. The van der Waals surface area contributed by atoms with Gasteiger partial charge in [-0.15, -0.1) is 0 Å². The molecule has 1 N–H and O–H groups in total. The van der Waals surface area contributed by atoms with Crippen LogP contribution in [0.5, 0.6) is 0 Å². The number of carbonyl (C=O) groups excluding carboxylic acids is 1.